The van der Waals surface area contributed by atoms with Gasteiger partial charge in [-0.25, -0.2) is 0 Å². The van der Waals surface area contributed by atoms with Crippen molar-refractivity contribution in [1.82, 2.24) is 4.98 Å². The Hall–Kier alpha value is -1.77. The predicted molar refractivity (Wildman–Crippen MR) is 61.0 cm³/mol. The lowest BCUT2D eigenvalue weighted by molar-refractivity contribution is 0.544. The number of aryl methyl sites for hydroxylation is 2. The maximum atomic E-state index is 5.44. The van der Waals surface area contributed by atoms with Gasteiger partial charge in [0.2, 0.25) is 0 Å². The molecule has 78 valence electrons. The summed E-state index contributed by atoms with van der Waals surface area (Å²) in [4.78, 5) is 4.36. The minimum Gasteiger partial charge on any atom is -0.428 e. The predicted octanol–water partition coefficient (Wildman–Crippen LogP) is 3.00. The van der Waals surface area contributed by atoms with Crippen LogP contribution in [0.5, 0.6) is 0 Å². The third-order valence-corrected chi connectivity index (χ3v) is 2.30. The van der Waals surface area contributed by atoms with Gasteiger partial charge in [0.1, 0.15) is 11.5 Å². The smallest absolute Gasteiger partial charge is 0.295 e. The van der Waals surface area contributed by atoms with E-state index in [1.54, 1.807) is 7.05 Å². The van der Waals surface area contributed by atoms with E-state index >= 15 is 0 Å². The molecule has 1 N–H and O–H groups in total. The van der Waals surface area contributed by atoms with Crippen molar-refractivity contribution in [1.29, 1.82) is 0 Å². The fraction of sp³-hybridized carbons (Fsp3) is 0.250. The van der Waals surface area contributed by atoms with Crippen LogP contribution in [0.25, 0.3) is 11.3 Å². The number of hydrogen-bond acceptors (Lipinski definition) is 3. The summed E-state index contributed by atoms with van der Waals surface area (Å²) in [5.74, 6) is 0.838. The highest BCUT2D eigenvalue weighted by molar-refractivity contribution is 5.63. The Morgan fingerprint density at radius 2 is 2.07 bits per heavy atom. The molecule has 0 aliphatic rings. The second-order valence-electron chi connectivity index (χ2n) is 3.54. The maximum Gasteiger partial charge on any atom is 0.295 e. The van der Waals surface area contributed by atoms with Gasteiger partial charge in [-0.2, -0.15) is 4.98 Å². The molecular formula is C12H14N2O. The van der Waals surface area contributed by atoms with E-state index in [1.807, 2.05) is 19.1 Å². The van der Waals surface area contributed by atoms with E-state index in [1.165, 1.54) is 5.56 Å². The van der Waals surface area contributed by atoms with Crippen LogP contribution in [-0.4, -0.2) is 12.0 Å². The van der Waals surface area contributed by atoms with Crippen LogP contribution < -0.4 is 5.32 Å². The molecular weight excluding hydrogens is 188 g/mol. The van der Waals surface area contributed by atoms with Gasteiger partial charge in [-0.05, 0) is 19.9 Å². The van der Waals surface area contributed by atoms with Gasteiger partial charge < -0.3 is 9.73 Å². The quantitative estimate of drug-likeness (QED) is 0.813. The Bertz CT molecular complexity index is 474. The molecule has 0 unspecified atom stereocenters. The zero-order valence-electron chi connectivity index (χ0n) is 9.16. The largest absolute Gasteiger partial charge is 0.428 e. The Kier molecular flexibility index (Phi) is 2.46. The second-order valence-corrected chi connectivity index (χ2v) is 3.54. The molecule has 2 aromatic rings. The summed E-state index contributed by atoms with van der Waals surface area (Å²) >= 11 is 0. The van der Waals surface area contributed by atoms with Gasteiger partial charge in [0, 0.05) is 12.6 Å². The Labute approximate surface area is 89.1 Å². The fourth-order valence-electron chi connectivity index (χ4n) is 1.56. The van der Waals surface area contributed by atoms with Crippen LogP contribution in [0.2, 0.25) is 0 Å². The fourth-order valence-corrected chi connectivity index (χ4v) is 1.56. The highest BCUT2D eigenvalue weighted by Crippen LogP contribution is 2.25. The van der Waals surface area contributed by atoms with E-state index in [-0.39, 0.29) is 0 Å². The maximum absolute atomic E-state index is 5.44. The first-order valence-electron chi connectivity index (χ1n) is 4.93. The van der Waals surface area contributed by atoms with Crippen LogP contribution in [0.1, 0.15) is 11.3 Å². The van der Waals surface area contributed by atoms with Crippen molar-refractivity contribution < 1.29 is 4.42 Å². The van der Waals surface area contributed by atoms with Crippen molar-refractivity contribution in [2.45, 2.75) is 13.8 Å². The molecule has 15 heavy (non-hydrogen) atoms. The van der Waals surface area contributed by atoms with Gasteiger partial charge in [0.15, 0.2) is 0 Å². The molecule has 0 aliphatic heterocycles. The summed E-state index contributed by atoms with van der Waals surface area (Å²) in [5, 5.41) is 2.89. The minimum absolute atomic E-state index is 0.559. The molecule has 2 rings (SSSR count). The van der Waals surface area contributed by atoms with Crippen molar-refractivity contribution >= 4 is 6.01 Å². The number of oxazole rings is 1. The number of hydrogen-bond donors (Lipinski definition) is 1. The number of anilines is 1. The molecule has 3 nitrogen and oxygen atoms in total. The van der Waals surface area contributed by atoms with E-state index in [4.69, 9.17) is 4.42 Å². The Morgan fingerprint density at radius 1 is 1.27 bits per heavy atom. The second kappa shape index (κ2) is 3.77. The van der Waals surface area contributed by atoms with Crippen LogP contribution in [0.3, 0.4) is 0 Å². The zero-order chi connectivity index (χ0) is 10.8. The van der Waals surface area contributed by atoms with Gasteiger partial charge in [-0.15, -0.1) is 0 Å². The van der Waals surface area contributed by atoms with Crippen LogP contribution >= 0.6 is 0 Å². The summed E-state index contributed by atoms with van der Waals surface area (Å²) < 4.78 is 5.44. The summed E-state index contributed by atoms with van der Waals surface area (Å²) in [5.41, 5.74) is 3.22. The molecule has 0 fully saturated rings. The topological polar surface area (TPSA) is 38.1 Å². The number of benzene rings is 1. The van der Waals surface area contributed by atoms with Crippen LogP contribution in [0.4, 0.5) is 6.01 Å². The van der Waals surface area contributed by atoms with Gasteiger partial charge in [0.25, 0.3) is 6.01 Å². The lowest BCUT2D eigenvalue weighted by atomic mass is 10.1. The third kappa shape index (κ3) is 1.86. The van der Waals surface area contributed by atoms with Gasteiger partial charge in [0.05, 0.1) is 0 Å². The first-order chi connectivity index (χ1) is 7.20. The monoisotopic (exact) mass is 202 g/mol. The minimum atomic E-state index is 0.559. The van der Waals surface area contributed by atoms with Crippen LogP contribution in [0.15, 0.2) is 28.7 Å². The number of nitrogens with one attached hydrogen (secondary N) is 1. The van der Waals surface area contributed by atoms with E-state index in [9.17, 15) is 0 Å². The Morgan fingerprint density at radius 3 is 2.67 bits per heavy atom. The molecule has 0 atom stereocenters. The van der Waals surface area contributed by atoms with Crippen molar-refractivity contribution in [3.63, 3.8) is 0 Å². The van der Waals surface area contributed by atoms with Crippen molar-refractivity contribution in [2.24, 2.45) is 0 Å². The standard InChI is InChI=1S/C12H14N2O/c1-8-5-4-6-10(7-8)11-9(2)15-12(13-3)14-11/h4-7H,1-3H3,(H,13,14). The van der Waals surface area contributed by atoms with Crippen LogP contribution in [-0.2, 0) is 0 Å². The molecule has 0 spiro atoms. The van der Waals surface area contributed by atoms with E-state index < -0.39 is 0 Å². The molecule has 1 aromatic carbocycles. The van der Waals surface area contributed by atoms with Gasteiger partial charge >= 0.3 is 0 Å². The van der Waals surface area contributed by atoms with Crippen molar-refractivity contribution in [3.05, 3.63) is 35.6 Å². The Balaban J connectivity index is 2.48. The summed E-state index contributed by atoms with van der Waals surface area (Å²) in [6.07, 6.45) is 0. The molecule has 1 aromatic heterocycles. The number of aromatic nitrogens is 1. The molecule has 0 aliphatic carbocycles. The van der Waals surface area contributed by atoms with E-state index in [0.29, 0.717) is 6.01 Å². The summed E-state index contributed by atoms with van der Waals surface area (Å²) in [6.45, 7) is 3.99. The number of nitrogens with zero attached hydrogens (tertiary/aromatic N) is 1. The highest BCUT2D eigenvalue weighted by Gasteiger charge is 2.10. The molecule has 0 amide bonds. The van der Waals surface area contributed by atoms with E-state index in [0.717, 1.165) is 17.0 Å². The molecule has 0 radical (unpaired) electrons. The molecule has 1 heterocycles. The molecule has 0 bridgehead atoms. The molecule has 0 saturated carbocycles. The normalized spacial score (nSPS) is 10.3. The van der Waals surface area contributed by atoms with Gasteiger partial charge in [-0.3, -0.25) is 0 Å². The average molecular weight is 202 g/mol. The van der Waals surface area contributed by atoms with Crippen molar-refractivity contribution in [3.8, 4) is 11.3 Å². The molecule has 3 heteroatoms. The highest BCUT2D eigenvalue weighted by atomic mass is 16.4. The van der Waals surface area contributed by atoms with Gasteiger partial charge in [-0.1, -0.05) is 23.8 Å². The zero-order valence-corrected chi connectivity index (χ0v) is 9.16. The average Bonchev–Trinajstić information content (AvgIpc) is 2.60. The first kappa shape index (κ1) is 9.77. The first-order valence-corrected chi connectivity index (χ1v) is 4.93. The lowest BCUT2D eigenvalue weighted by Gasteiger charge is -1.98. The number of rotatable bonds is 2. The van der Waals surface area contributed by atoms with Crippen molar-refractivity contribution in [2.75, 3.05) is 12.4 Å². The SMILES string of the molecule is CNc1nc(-c2cccc(C)c2)c(C)o1. The van der Waals surface area contributed by atoms with E-state index in [2.05, 4.69) is 29.4 Å². The molecule has 0 saturated heterocycles. The lowest BCUT2D eigenvalue weighted by Crippen LogP contribution is -1.87. The third-order valence-electron chi connectivity index (χ3n) is 2.30. The summed E-state index contributed by atoms with van der Waals surface area (Å²) in [7, 11) is 1.80. The summed E-state index contributed by atoms with van der Waals surface area (Å²) in [6, 6.07) is 8.79. The van der Waals surface area contributed by atoms with Crippen LogP contribution in [0, 0.1) is 13.8 Å².